The van der Waals surface area contributed by atoms with Gasteiger partial charge in [-0.1, -0.05) is 13.0 Å². The first-order valence-electron chi connectivity index (χ1n) is 11.9. The summed E-state index contributed by atoms with van der Waals surface area (Å²) in [6, 6.07) is 9.25. The molecule has 1 aliphatic heterocycles. The van der Waals surface area contributed by atoms with Crippen LogP contribution in [0, 0.1) is 12.3 Å². The number of imidazole rings is 1. The highest BCUT2D eigenvalue weighted by molar-refractivity contribution is 7.91. The summed E-state index contributed by atoms with van der Waals surface area (Å²) in [5.74, 6) is -0.00594. The van der Waals surface area contributed by atoms with Crippen molar-refractivity contribution in [2.75, 3.05) is 11.5 Å². The van der Waals surface area contributed by atoms with Gasteiger partial charge in [-0.3, -0.25) is 13.9 Å². The van der Waals surface area contributed by atoms with Crippen molar-refractivity contribution in [2.24, 2.45) is 5.41 Å². The van der Waals surface area contributed by atoms with Gasteiger partial charge in [-0.2, -0.15) is 8.78 Å². The molecule has 7 nitrogen and oxygen atoms in total. The Balaban J connectivity index is 1.77. The van der Waals surface area contributed by atoms with Crippen molar-refractivity contribution in [2.45, 2.75) is 59.6 Å². The van der Waals surface area contributed by atoms with Crippen molar-refractivity contribution in [3.63, 3.8) is 0 Å². The molecule has 194 valence electrons. The summed E-state index contributed by atoms with van der Waals surface area (Å²) in [6.45, 7) is 4.43. The van der Waals surface area contributed by atoms with E-state index in [-0.39, 0.29) is 41.2 Å². The van der Waals surface area contributed by atoms with Crippen LogP contribution in [0.5, 0.6) is 5.75 Å². The molecule has 3 aromatic rings. The number of aromatic nitrogens is 2. The number of sulfone groups is 1. The summed E-state index contributed by atoms with van der Waals surface area (Å²) < 4.78 is 56.8. The van der Waals surface area contributed by atoms with Gasteiger partial charge < -0.3 is 4.74 Å². The Bertz CT molecular complexity index is 1470. The quantitative estimate of drug-likeness (QED) is 0.406. The lowest BCUT2D eigenvalue weighted by molar-refractivity contribution is -0.0498. The molecule has 1 saturated heterocycles. The standard InChI is InChI=1S/C26H30F2N2O5S/c1-16(2)29-22-13-18(23(31)15-26(4)9-11-36(33,34)12-10-26)6-8-20(22)30(25(29)32)21-14-19(35-24(27)28)7-5-17(21)3/h5-8,13-14,16,24H,9-12,15H2,1-4H3. The third kappa shape index (κ3) is 5.09. The van der Waals surface area contributed by atoms with Gasteiger partial charge in [0.05, 0.1) is 28.2 Å². The maximum Gasteiger partial charge on any atom is 0.387 e. The highest BCUT2D eigenvalue weighted by atomic mass is 32.2. The third-order valence-electron chi connectivity index (χ3n) is 6.98. The molecule has 0 aliphatic carbocycles. The molecular formula is C26H30F2N2O5S. The lowest BCUT2D eigenvalue weighted by atomic mass is 9.78. The first-order valence-corrected chi connectivity index (χ1v) is 13.7. The van der Waals surface area contributed by atoms with Crippen molar-refractivity contribution in [3.05, 3.63) is 58.0 Å². The third-order valence-corrected chi connectivity index (χ3v) is 8.63. The first-order chi connectivity index (χ1) is 16.8. The molecular weight excluding hydrogens is 490 g/mol. The molecule has 0 N–H and O–H groups in total. The number of rotatable bonds is 7. The van der Waals surface area contributed by atoms with E-state index in [0.717, 1.165) is 0 Å². The van der Waals surface area contributed by atoms with Crippen LogP contribution in [0.15, 0.2) is 41.2 Å². The van der Waals surface area contributed by atoms with Gasteiger partial charge in [-0.25, -0.2) is 13.2 Å². The van der Waals surface area contributed by atoms with E-state index in [1.165, 1.54) is 16.7 Å². The molecule has 2 heterocycles. The SMILES string of the molecule is Cc1ccc(OC(F)F)cc1-n1c(=O)n(C(C)C)c2cc(C(=O)CC3(C)CCS(=O)(=O)CC3)ccc21. The molecule has 0 atom stereocenters. The zero-order chi connectivity index (χ0) is 26.4. The number of fused-ring (bicyclic) bond motifs is 1. The van der Waals surface area contributed by atoms with Crippen LogP contribution < -0.4 is 10.4 Å². The second-order valence-electron chi connectivity index (χ2n) is 10.2. The van der Waals surface area contributed by atoms with Gasteiger partial charge in [0, 0.05) is 24.1 Å². The maximum atomic E-state index is 13.5. The summed E-state index contributed by atoms with van der Waals surface area (Å²) in [5, 5.41) is 0. The molecule has 0 radical (unpaired) electrons. The van der Waals surface area contributed by atoms with E-state index in [1.807, 2.05) is 20.8 Å². The van der Waals surface area contributed by atoms with Gasteiger partial charge >= 0.3 is 12.3 Å². The van der Waals surface area contributed by atoms with Gasteiger partial charge in [0.2, 0.25) is 0 Å². The van der Waals surface area contributed by atoms with Crippen LogP contribution in [0.2, 0.25) is 0 Å². The number of Topliss-reactive ketones (excluding diaryl/α,β-unsaturated/α-hetero) is 1. The minimum absolute atomic E-state index is 0.0579. The topological polar surface area (TPSA) is 87.4 Å². The van der Waals surface area contributed by atoms with E-state index in [0.29, 0.717) is 40.7 Å². The number of carbonyl (C=O) groups excluding carboxylic acids is 1. The second-order valence-corrected chi connectivity index (χ2v) is 12.5. The Hall–Kier alpha value is -3.01. The fourth-order valence-corrected chi connectivity index (χ4v) is 6.64. The fraction of sp³-hybridized carbons (Fsp3) is 0.462. The number of hydrogen-bond acceptors (Lipinski definition) is 5. The van der Waals surface area contributed by atoms with Crippen molar-refractivity contribution in [1.82, 2.24) is 9.13 Å². The molecule has 0 amide bonds. The highest BCUT2D eigenvalue weighted by Gasteiger charge is 2.35. The fourth-order valence-electron chi connectivity index (χ4n) is 4.83. The lowest BCUT2D eigenvalue weighted by Crippen LogP contribution is -2.33. The minimum Gasteiger partial charge on any atom is -0.435 e. The number of halogens is 2. The van der Waals surface area contributed by atoms with E-state index < -0.39 is 21.9 Å². The maximum absolute atomic E-state index is 13.5. The van der Waals surface area contributed by atoms with Crippen molar-refractivity contribution < 1.29 is 26.7 Å². The van der Waals surface area contributed by atoms with Crippen LogP contribution in [0.3, 0.4) is 0 Å². The van der Waals surface area contributed by atoms with Crippen molar-refractivity contribution in [3.8, 4) is 11.4 Å². The molecule has 10 heteroatoms. The number of nitrogens with zero attached hydrogens (tertiary/aromatic N) is 2. The molecule has 0 spiro atoms. The molecule has 2 aromatic carbocycles. The zero-order valence-electron chi connectivity index (χ0n) is 20.8. The van der Waals surface area contributed by atoms with Crippen LogP contribution in [-0.4, -0.2) is 41.5 Å². The number of carbonyl (C=O) groups is 1. The van der Waals surface area contributed by atoms with Crippen molar-refractivity contribution >= 4 is 26.7 Å². The van der Waals surface area contributed by atoms with Crippen LogP contribution in [0.25, 0.3) is 16.7 Å². The summed E-state index contributed by atoms with van der Waals surface area (Å²) >= 11 is 0. The lowest BCUT2D eigenvalue weighted by Gasteiger charge is -2.32. The predicted octanol–water partition coefficient (Wildman–Crippen LogP) is 5.07. The number of alkyl halides is 2. The average molecular weight is 521 g/mol. The molecule has 36 heavy (non-hydrogen) atoms. The average Bonchev–Trinajstić information content (AvgIpc) is 3.08. The minimum atomic E-state index is -3.04. The largest absolute Gasteiger partial charge is 0.435 e. The molecule has 4 rings (SSSR count). The van der Waals surface area contributed by atoms with Gasteiger partial charge in [-0.15, -0.1) is 0 Å². The van der Waals surface area contributed by atoms with E-state index in [4.69, 9.17) is 0 Å². The first kappa shape index (κ1) is 26.1. The number of aryl methyl sites for hydroxylation is 1. The van der Waals surface area contributed by atoms with Gasteiger partial charge in [0.1, 0.15) is 15.6 Å². The number of ketones is 1. The smallest absolute Gasteiger partial charge is 0.387 e. The summed E-state index contributed by atoms with van der Waals surface area (Å²) in [6.07, 6.45) is 1.09. The summed E-state index contributed by atoms with van der Waals surface area (Å²) in [4.78, 5) is 26.8. The second kappa shape index (κ2) is 9.46. The van der Waals surface area contributed by atoms with E-state index in [1.54, 1.807) is 35.8 Å². The van der Waals surface area contributed by atoms with Crippen LogP contribution >= 0.6 is 0 Å². The number of hydrogen-bond donors (Lipinski definition) is 0. The molecule has 0 unspecified atom stereocenters. The van der Waals surface area contributed by atoms with Crippen LogP contribution in [0.4, 0.5) is 8.78 Å². The van der Waals surface area contributed by atoms with Gasteiger partial charge in [0.15, 0.2) is 5.78 Å². The Morgan fingerprint density at radius 3 is 2.36 bits per heavy atom. The molecule has 0 bridgehead atoms. The Labute approximate surface area is 208 Å². The molecule has 1 aliphatic rings. The molecule has 1 aromatic heterocycles. The molecule has 0 saturated carbocycles. The molecule has 1 fully saturated rings. The Morgan fingerprint density at radius 1 is 1.08 bits per heavy atom. The van der Waals surface area contributed by atoms with Crippen LogP contribution in [0.1, 0.15) is 62.0 Å². The number of benzene rings is 2. The van der Waals surface area contributed by atoms with E-state index in [9.17, 15) is 26.8 Å². The van der Waals surface area contributed by atoms with E-state index >= 15 is 0 Å². The normalized spacial score (nSPS) is 17.1. The van der Waals surface area contributed by atoms with Gasteiger partial charge in [0.25, 0.3) is 0 Å². The number of ether oxygens (including phenoxy) is 1. The Morgan fingerprint density at radius 2 is 1.75 bits per heavy atom. The van der Waals surface area contributed by atoms with Crippen LogP contribution in [-0.2, 0) is 9.84 Å². The van der Waals surface area contributed by atoms with Crippen molar-refractivity contribution in [1.29, 1.82) is 0 Å². The van der Waals surface area contributed by atoms with Gasteiger partial charge in [-0.05, 0) is 68.9 Å². The van der Waals surface area contributed by atoms with E-state index in [2.05, 4.69) is 4.74 Å². The predicted molar refractivity (Wildman–Crippen MR) is 134 cm³/mol. The highest BCUT2D eigenvalue weighted by Crippen LogP contribution is 2.37. The summed E-state index contributed by atoms with van der Waals surface area (Å²) in [7, 11) is -3.04. The summed E-state index contributed by atoms with van der Waals surface area (Å²) in [5.41, 5.74) is 1.89. The Kier molecular flexibility index (Phi) is 6.85. The monoisotopic (exact) mass is 520 g/mol. The zero-order valence-corrected chi connectivity index (χ0v) is 21.6.